The lowest BCUT2D eigenvalue weighted by Gasteiger charge is -2.23. The zero-order chi connectivity index (χ0) is 23.9. The van der Waals surface area contributed by atoms with Crippen LogP contribution in [0.15, 0.2) is 42.5 Å². The highest BCUT2D eigenvalue weighted by Gasteiger charge is 2.28. The van der Waals surface area contributed by atoms with Crippen LogP contribution in [0.5, 0.6) is 0 Å². The van der Waals surface area contributed by atoms with Gasteiger partial charge in [-0.25, -0.2) is 0 Å². The molecule has 1 heterocycles. The van der Waals surface area contributed by atoms with Crippen LogP contribution in [0, 0.1) is 5.92 Å². The summed E-state index contributed by atoms with van der Waals surface area (Å²) < 4.78 is 4.65. The lowest BCUT2D eigenvalue weighted by molar-refractivity contribution is -0.140. The number of amides is 1. The molecule has 1 aromatic rings. The summed E-state index contributed by atoms with van der Waals surface area (Å²) in [6.45, 7) is 2.82. The Morgan fingerprint density at radius 1 is 1.21 bits per heavy atom. The van der Waals surface area contributed by atoms with Gasteiger partial charge >= 0.3 is 5.97 Å². The first-order valence-corrected chi connectivity index (χ1v) is 13.5. The van der Waals surface area contributed by atoms with E-state index in [1.54, 1.807) is 11.8 Å². The van der Waals surface area contributed by atoms with Gasteiger partial charge in [0.05, 0.1) is 19.3 Å². The van der Waals surface area contributed by atoms with E-state index in [1.165, 1.54) is 25.5 Å². The number of rotatable bonds is 16. The summed E-state index contributed by atoms with van der Waals surface area (Å²) in [6.07, 6.45) is 11.7. The number of thioether (sulfide) groups is 1. The number of benzene rings is 1. The van der Waals surface area contributed by atoms with E-state index in [0.29, 0.717) is 19.4 Å². The second-order valence-electron chi connectivity index (χ2n) is 8.92. The van der Waals surface area contributed by atoms with Gasteiger partial charge in [0.2, 0.25) is 5.91 Å². The van der Waals surface area contributed by atoms with Crippen LogP contribution in [0.3, 0.4) is 0 Å². The average Bonchev–Trinajstić information content (AvgIpc) is 3.18. The number of esters is 1. The van der Waals surface area contributed by atoms with Crippen LogP contribution >= 0.6 is 11.8 Å². The van der Waals surface area contributed by atoms with Crippen molar-refractivity contribution in [2.24, 2.45) is 5.92 Å². The van der Waals surface area contributed by atoms with Crippen LogP contribution in [-0.2, 0) is 20.7 Å². The quantitative estimate of drug-likeness (QED) is 0.207. The van der Waals surface area contributed by atoms with Gasteiger partial charge in [-0.05, 0) is 49.3 Å². The number of hydrogen-bond acceptors (Lipinski definition) is 5. The van der Waals surface area contributed by atoms with Crippen molar-refractivity contribution in [3.8, 4) is 0 Å². The molecule has 1 aromatic carbocycles. The van der Waals surface area contributed by atoms with Crippen LogP contribution < -0.4 is 0 Å². The van der Waals surface area contributed by atoms with Crippen molar-refractivity contribution in [1.29, 1.82) is 0 Å². The number of nitrogens with zero attached hydrogens (tertiary/aromatic N) is 1. The van der Waals surface area contributed by atoms with E-state index in [4.69, 9.17) is 0 Å². The van der Waals surface area contributed by atoms with Gasteiger partial charge in [0.1, 0.15) is 0 Å². The molecule has 1 amide bonds. The van der Waals surface area contributed by atoms with E-state index in [0.717, 1.165) is 43.6 Å². The molecule has 0 bridgehead atoms. The Balaban J connectivity index is 1.62. The lowest BCUT2D eigenvalue weighted by atomic mass is 9.95. The molecule has 33 heavy (non-hydrogen) atoms. The van der Waals surface area contributed by atoms with Gasteiger partial charge < -0.3 is 14.7 Å². The minimum absolute atomic E-state index is 0.0842. The highest BCUT2D eigenvalue weighted by Crippen LogP contribution is 2.22. The third-order valence-electron chi connectivity index (χ3n) is 6.33. The van der Waals surface area contributed by atoms with Crippen LogP contribution in [0.4, 0.5) is 0 Å². The van der Waals surface area contributed by atoms with Crippen molar-refractivity contribution in [2.75, 3.05) is 25.2 Å². The molecule has 0 unspecified atom stereocenters. The zero-order valence-electron chi connectivity index (χ0n) is 20.3. The van der Waals surface area contributed by atoms with Crippen molar-refractivity contribution in [2.45, 2.75) is 76.9 Å². The van der Waals surface area contributed by atoms with Crippen LogP contribution in [0.25, 0.3) is 0 Å². The minimum atomic E-state index is -0.468. The molecular weight excluding hydrogens is 434 g/mol. The Kier molecular flexibility index (Phi) is 13.3. The molecule has 0 saturated carbocycles. The molecule has 1 fully saturated rings. The number of ether oxygens (including phenoxy) is 1. The van der Waals surface area contributed by atoms with E-state index in [2.05, 4.69) is 42.0 Å². The molecule has 5 nitrogen and oxygen atoms in total. The molecule has 1 aliphatic heterocycles. The Morgan fingerprint density at radius 3 is 2.76 bits per heavy atom. The monoisotopic (exact) mass is 475 g/mol. The number of likely N-dealkylation sites (tertiary alicyclic amines) is 1. The Morgan fingerprint density at radius 2 is 2.00 bits per heavy atom. The summed E-state index contributed by atoms with van der Waals surface area (Å²) in [6, 6.07) is 10.7. The number of unbranched alkanes of at least 4 members (excludes halogenated alkanes) is 2. The van der Waals surface area contributed by atoms with Crippen molar-refractivity contribution in [1.82, 2.24) is 4.90 Å². The smallest absolute Gasteiger partial charge is 0.305 e. The summed E-state index contributed by atoms with van der Waals surface area (Å²) in [4.78, 5) is 25.4. The molecule has 1 aliphatic rings. The zero-order valence-corrected chi connectivity index (χ0v) is 21.1. The van der Waals surface area contributed by atoms with Gasteiger partial charge in [-0.3, -0.25) is 9.59 Å². The van der Waals surface area contributed by atoms with E-state index in [9.17, 15) is 14.7 Å². The SMILES string of the molecule is COC(=O)CCCSCCN1C(=O)CC[C@@H]1C=C[C@H](O)[C@@H](C)CCCCCc1ccccc1. The minimum Gasteiger partial charge on any atom is -0.469 e. The lowest BCUT2D eigenvalue weighted by Crippen LogP contribution is -2.34. The van der Waals surface area contributed by atoms with Gasteiger partial charge in [-0.1, -0.05) is 62.2 Å². The molecule has 0 aliphatic carbocycles. The predicted octanol–water partition coefficient (Wildman–Crippen LogP) is 5.02. The van der Waals surface area contributed by atoms with Gasteiger partial charge in [-0.15, -0.1) is 0 Å². The summed E-state index contributed by atoms with van der Waals surface area (Å²) in [5, 5.41) is 10.6. The maximum atomic E-state index is 12.3. The molecule has 0 aromatic heterocycles. The van der Waals surface area contributed by atoms with Crippen molar-refractivity contribution < 1.29 is 19.4 Å². The fourth-order valence-corrected chi connectivity index (χ4v) is 5.03. The third kappa shape index (κ3) is 10.8. The topological polar surface area (TPSA) is 66.8 Å². The fraction of sp³-hybridized carbons (Fsp3) is 0.630. The highest BCUT2D eigenvalue weighted by molar-refractivity contribution is 7.99. The number of aliphatic hydroxyl groups excluding tert-OH is 1. The maximum absolute atomic E-state index is 12.3. The number of methoxy groups -OCH3 is 1. The number of carbonyl (C=O) groups is 2. The summed E-state index contributed by atoms with van der Waals surface area (Å²) >= 11 is 1.76. The molecule has 6 heteroatoms. The van der Waals surface area contributed by atoms with E-state index >= 15 is 0 Å². The van der Waals surface area contributed by atoms with E-state index in [-0.39, 0.29) is 23.8 Å². The van der Waals surface area contributed by atoms with Crippen molar-refractivity contribution >= 4 is 23.6 Å². The predicted molar refractivity (Wildman–Crippen MR) is 136 cm³/mol. The Bertz CT molecular complexity index is 724. The van der Waals surface area contributed by atoms with Gasteiger partial charge in [0.15, 0.2) is 0 Å². The van der Waals surface area contributed by atoms with Gasteiger partial charge in [0, 0.05) is 25.1 Å². The second-order valence-corrected chi connectivity index (χ2v) is 10.1. The first-order chi connectivity index (χ1) is 16.0. The summed E-state index contributed by atoms with van der Waals surface area (Å²) in [5.41, 5.74) is 1.39. The van der Waals surface area contributed by atoms with E-state index < -0.39 is 6.10 Å². The summed E-state index contributed by atoms with van der Waals surface area (Å²) in [7, 11) is 1.41. The van der Waals surface area contributed by atoms with Crippen molar-refractivity contribution in [3.63, 3.8) is 0 Å². The third-order valence-corrected chi connectivity index (χ3v) is 7.38. The molecule has 2 rings (SSSR count). The molecule has 0 spiro atoms. The Hall–Kier alpha value is -1.79. The molecule has 3 atom stereocenters. The summed E-state index contributed by atoms with van der Waals surface area (Å²) in [5.74, 6) is 1.99. The molecule has 0 radical (unpaired) electrons. The number of hydrogen-bond donors (Lipinski definition) is 1. The first-order valence-electron chi connectivity index (χ1n) is 12.4. The van der Waals surface area contributed by atoms with Gasteiger partial charge in [-0.2, -0.15) is 11.8 Å². The van der Waals surface area contributed by atoms with Crippen LogP contribution in [0.1, 0.15) is 63.9 Å². The maximum Gasteiger partial charge on any atom is 0.305 e. The fourth-order valence-electron chi connectivity index (χ4n) is 4.15. The van der Waals surface area contributed by atoms with Crippen LogP contribution in [0.2, 0.25) is 0 Å². The number of aryl methyl sites for hydroxylation is 1. The number of carbonyl (C=O) groups excluding carboxylic acids is 2. The standard InChI is InChI=1S/C27H41NO4S/c1-22(10-5-3-6-11-23-12-7-4-8-13-23)25(29)17-15-24-16-18-26(30)28(24)19-21-33-20-9-14-27(31)32-2/h4,7-8,12-13,15,17,22,24-25,29H,3,5-6,9-11,14,16,18-21H2,1-2H3/t22-,24-,25-/m0/s1. The van der Waals surface area contributed by atoms with Crippen molar-refractivity contribution in [3.05, 3.63) is 48.0 Å². The Labute approximate surface area is 204 Å². The highest BCUT2D eigenvalue weighted by atomic mass is 32.2. The first kappa shape index (κ1) is 27.5. The molecule has 1 N–H and O–H groups in total. The number of aliphatic hydroxyl groups is 1. The second kappa shape index (κ2) is 15.9. The van der Waals surface area contributed by atoms with E-state index in [1.807, 2.05) is 17.1 Å². The largest absolute Gasteiger partial charge is 0.469 e. The normalized spacial score (nSPS) is 18.1. The molecule has 184 valence electrons. The molecule has 1 saturated heterocycles. The van der Waals surface area contributed by atoms with Crippen LogP contribution in [-0.4, -0.2) is 59.2 Å². The average molecular weight is 476 g/mol. The molecular formula is C27H41NO4S. The van der Waals surface area contributed by atoms with Gasteiger partial charge in [0.25, 0.3) is 0 Å².